The van der Waals surface area contributed by atoms with E-state index in [9.17, 15) is 15.0 Å². The van der Waals surface area contributed by atoms with Gasteiger partial charge in [-0.2, -0.15) is 0 Å². The van der Waals surface area contributed by atoms with E-state index in [1.54, 1.807) is 0 Å². The summed E-state index contributed by atoms with van der Waals surface area (Å²) < 4.78 is 0. The van der Waals surface area contributed by atoms with Gasteiger partial charge < -0.3 is 10.2 Å². The van der Waals surface area contributed by atoms with Crippen LogP contribution in [0.25, 0.3) is 0 Å². The molecule has 0 radical (unpaired) electrons. The molecule has 0 heterocycles. The zero-order valence-corrected chi connectivity index (χ0v) is 14.9. The maximum absolute atomic E-state index is 12.3. The van der Waals surface area contributed by atoms with Gasteiger partial charge in [0.05, 0.1) is 12.0 Å². The fourth-order valence-corrected chi connectivity index (χ4v) is 5.27. The van der Waals surface area contributed by atoms with Gasteiger partial charge in [-0.05, 0) is 37.5 Å². The predicted molar refractivity (Wildman–Crippen MR) is 94.1 cm³/mol. The van der Waals surface area contributed by atoms with Crippen LogP contribution in [-0.2, 0) is 4.79 Å². The third-order valence-electron chi connectivity index (χ3n) is 6.56. The Kier molecular flexibility index (Phi) is 6.00. The Morgan fingerprint density at radius 2 is 1.92 bits per heavy atom. The summed E-state index contributed by atoms with van der Waals surface area (Å²) in [5, 5.41) is 20.7. The van der Waals surface area contributed by atoms with E-state index in [1.807, 2.05) is 0 Å². The Bertz CT molecular complexity index is 497. The number of carbonyl (C=O) groups excluding carboxylic acids is 1. The fourth-order valence-electron chi connectivity index (χ4n) is 5.27. The van der Waals surface area contributed by atoms with Gasteiger partial charge >= 0.3 is 0 Å². The molecule has 0 bridgehead atoms. The number of fused-ring (bicyclic) bond motifs is 1. The van der Waals surface area contributed by atoms with Crippen molar-refractivity contribution >= 4 is 5.78 Å². The first-order valence-corrected chi connectivity index (χ1v) is 10.0. The monoisotopic (exact) mass is 332 g/mol. The fraction of sp³-hybridized carbons (Fsp3) is 0.857. The van der Waals surface area contributed by atoms with Gasteiger partial charge in [0.25, 0.3) is 0 Å². The van der Waals surface area contributed by atoms with E-state index in [4.69, 9.17) is 0 Å². The van der Waals surface area contributed by atoms with Gasteiger partial charge in [0, 0.05) is 11.8 Å². The number of hydrogen-bond acceptors (Lipinski definition) is 3. The van der Waals surface area contributed by atoms with Gasteiger partial charge in [0.1, 0.15) is 11.9 Å². The number of rotatable bonds is 4. The lowest BCUT2D eigenvalue weighted by molar-refractivity contribution is -0.154. The molecule has 2 N–H and O–H groups in total. The van der Waals surface area contributed by atoms with Gasteiger partial charge in [0.2, 0.25) is 0 Å². The molecule has 0 aliphatic heterocycles. The number of Topliss-reactive ketones (excluding diaryl/α,β-unsaturated/α-hetero) is 1. The summed E-state index contributed by atoms with van der Waals surface area (Å²) in [6, 6.07) is 0. The molecule has 0 aromatic rings. The van der Waals surface area contributed by atoms with Crippen molar-refractivity contribution in [1.82, 2.24) is 0 Å². The number of aliphatic hydroxyl groups is 2. The van der Waals surface area contributed by atoms with Crippen LogP contribution in [0.15, 0.2) is 0 Å². The molecule has 3 aliphatic carbocycles. The zero-order chi connectivity index (χ0) is 17.1. The maximum atomic E-state index is 12.3. The summed E-state index contributed by atoms with van der Waals surface area (Å²) in [7, 11) is 0. The third kappa shape index (κ3) is 3.70. The highest BCUT2D eigenvalue weighted by molar-refractivity contribution is 5.90. The van der Waals surface area contributed by atoms with Crippen LogP contribution >= 0.6 is 0 Å². The van der Waals surface area contributed by atoms with Crippen molar-refractivity contribution in [2.75, 3.05) is 0 Å². The van der Waals surface area contributed by atoms with Crippen LogP contribution in [0.4, 0.5) is 0 Å². The highest BCUT2D eigenvalue weighted by Crippen LogP contribution is 2.51. The second-order valence-electron chi connectivity index (χ2n) is 8.20. The summed E-state index contributed by atoms with van der Waals surface area (Å²) in [5.41, 5.74) is 0. The second kappa shape index (κ2) is 8.02. The molecule has 0 spiro atoms. The van der Waals surface area contributed by atoms with E-state index >= 15 is 0 Å². The molecule has 1 unspecified atom stereocenters. The summed E-state index contributed by atoms with van der Waals surface area (Å²) in [4.78, 5) is 12.3. The largest absolute Gasteiger partial charge is 0.392 e. The van der Waals surface area contributed by atoms with Crippen LogP contribution in [-0.4, -0.2) is 28.2 Å². The highest BCUT2D eigenvalue weighted by Gasteiger charge is 2.55. The summed E-state index contributed by atoms with van der Waals surface area (Å²) in [6.45, 7) is 2.11. The molecule has 24 heavy (non-hydrogen) atoms. The normalized spacial score (nSPS) is 37.8. The molecule has 3 heteroatoms. The molecule has 134 valence electrons. The first kappa shape index (κ1) is 18.0. The van der Waals surface area contributed by atoms with Crippen LogP contribution in [0.3, 0.4) is 0 Å². The van der Waals surface area contributed by atoms with Crippen LogP contribution in [0, 0.1) is 41.4 Å². The molecular weight excluding hydrogens is 300 g/mol. The first-order valence-electron chi connectivity index (χ1n) is 10.0. The Labute approximate surface area is 146 Å². The Hall–Kier alpha value is -0.850. The summed E-state index contributed by atoms with van der Waals surface area (Å²) in [5.74, 6) is 7.51. The van der Waals surface area contributed by atoms with Crippen molar-refractivity contribution in [3.05, 3.63) is 0 Å². The van der Waals surface area contributed by atoms with E-state index in [0.29, 0.717) is 18.1 Å². The van der Waals surface area contributed by atoms with Crippen LogP contribution < -0.4 is 0 Å². The number of hydrogen-bond donors (Lipinski definition) is 2. The van der Waals surface area contributed by atoms with Gasteiger partial charge in [-0.3, -0.25) is 4.79 Å². The Morgan fingerprint density at radius 1 is 1.17 bits per heavy atom. The minimum absolute atomic E-state index is 0.0877. The van der Waals surface area contributed by atoms with Gasteiger partial charge in [0.15, 0.2) is 0 Å². The van der Waals surface area contributed by atoms with Gasteiger partial charge in [-0.25, -0.2) is 0 Å². The lowest BCUT2D eigenvalue weighted by Crippen LogP contribution is -2.56. The minimum Gasteiger partial charge on any atom is -0.392 e. The number of carbonyl (C=O) groups is 1. The molecule has 3 fully saturated rings. The smallest absolute Gasteiger partial charge is 0.139 e. The molecule has 3 nitrogen and oxygen atoms in total. The van der Waals surface area contributed by atoms with Crippen LogP contribution in [0.2, 0.25) is 0 Å². The summed E-state index contributed by atoms with van der Waals surface area (Å²) >= 11 is 0. The maximum Gasteiger partial charge on any atom is 0.139 e. The van der Waals surface area contributed by atoms with Gasteiger partial charge in [-0.15, -0.1) is 0 Å². The van der Waals surface area contributed by atoms with Crippen molar-refractivity contribution in [2.45, 2.75) is 83.3 Å². The quantitative estimate of drug-likeness (QED) is 0.777. The lowest BCUT2D eigenvalue weighted by Gasteiger charge is -2.50. The van der Waals surface area contributed by atoms with Gasteiger partial charge in [-0.1, -0.05) is 57.3 Å². The second-order valence-corrected chi connectivity index (χ2v) is 8.20. The zero-order valence-electron chi connectivity index (χ0n) is 14.9. The molecule has 6 atom stereocenters. The molecule has 0 saturated heterocycles. The number of ketones is 1. The van der Waals surface area contributed by atoms with E-state index in [0.717, 1.165) is 25.7 Å². The Balaban J connectivity index is 1.62. The average molecular weight is 332 g/mol. The van der Waals surface area contributed by atoms with Crippen LogP contribution in [0.1, 0.15) is 71.1 Å². The van der Waals surface area contributed by atoms with Crippen molar-refractivity contribution in [1.29, 1.82) is 0 Å². The van der Waals surface area contributed by atoms with Crippen molar-refractivity contribution < 1.29 is 15.0 Å². The molecule has 0 aromatic heterocycles. The van der Waals surface area contributed by atoms with Crippen LogP contribution in [0.5, 0.6) is 0 Å². The van der Waals surface area contributed by atoms with E-state index in [-0.39, 0.29) is 23.7 Å². The summed E-state index contributed by atoms with van der Waals surface area (Å²) in [6.07, 6.45) is 9.43. The van der Waals surface area contributed by atoms with E-state index in [2.05, 4.69) is 18.8 Å². The SMILES string of the molecule is CCCC1C(=O)[C@H]2CC[C@@H](O)[C@H](C#C[C@@H](O)CC3CCCCC3)[C@@H]12. The molecular formula is C21H32O3. The molecule has 3 aliphatic rings. The van der Waals surface area contributed by atoms with Crippen molar-refractivity contribution in [2.24, 2.45) is 29.6 Å². The topological polar surface area (TPSA) is 57.5 Å². The standard InChI is InChI=1S/C21H32O3/c1-2-6-17-20-16(19(23)12-11-18(20)21(17)24)10-9-15(22)13-14-7-4-3-5-8-14/h14-20,22-23H,2-8,11-13H2,1H3/t15-,16+,17?,18+,19-,20+/m1/s1. The minimum atomic E-state index is -0.582. The van der Waals surface area contributed by atoms with E-state index < -0.39 is 12.2 Å². The molecule has 3 saturated carbocycles. The molecule has 0 aromatic carbocycles. The van der Waals surface area contributed by atoms with Crippen molar-refractivity contribution in [3.8, 4) is 11.8 Å². The number of aliphatic hydroxyl groups excluding tert-OH is 2. The first-order chi connectivity index (χ1) is 11.6. The van der Waals surface area contributed by atoms with E-state index in [1.165, 1.54) is 32.1 Å². The highest BCUT2D eigenvalue weighted by atomic mass is 16.3. The molecule has 0 amide bonds. The predicted octanol–water partition coefficient (Wildman–Crippen LogP) is 3.32. The Morgan fingerprint density at radius 3 is 2.62 bits per heavy atom. The average Bonchev–Trinajstić information content (AvgIpc) is 2.59. The van der Waals surface area contributed by atoms with Crippen molar-refractivity contribution in [3.63, 3.8) is 0 Å². The lowest BCUT2D eigenvalue weighted by atomic mass is 9.52. The molecule has 3 rings (SSSR count). The third-order valence-corrected chi connectivity index (χ3v) is 6.56.